The number of amides is 1. The van der Waals surface area contributed by atoms with Gasteiger partial charge in [0.25, 0.3) is 11.6 Å². The molecule has 150 valence electrons. The van der Waals surface area contributed by atoms with Crippen molar-refractivity contribution in [3.8, 4) is 5.69 Å². The third-order valence-corrected chi connectivity index (χ3v) is 4.40. The van der Waals surface area contributed by atoms with Crippen molar-refractivity contribution in [3.63, 3.8) is 0 Å². The van der Waals surface area contributed by atoms with Gasteiger partial charge in [0.2, 0.25) is 5.43 Å². The Morgan fingerprint density at radius 2 is 2.00 bits per heavy atom. The van der Waals surface area contributed by atoms with Gasteiger partial charge in [0.15, 0.2) is 16.5 Å². The van der Waals surface area contributed by atoms with E-state index in [9.17, 15) is 32.9 Å². The summed E-state index contributed by atoms with van der Waals surface area (Å²) in [6, 6.07) is 6.59. The number of rotatable bonds is 4. The molecule has 0 radical (unpaired) electrons. The number of anilines is 1. The first-order chi connectivity index (χ1) is 13.6. The number of alkyl halides is 3. The fraction of sp³-hybridized carbons (Fsp3) is 0.125. The summed E-state index contributed by atoms with van der Waals surface area (Å²) in [5, 5.41) is 17.5. The molecule has 2 heterocycles. The molecule has 0 aliphatic carbocycles. The van der Waals surface area contributed by atoms with Crippen molar-refractivity contribution >= 4 is 28.1 Å². The van der Waals surface area contributed by atoms with Gasteiger partial charge >= 0.3 is 6.18 Å². The number of carbonyl (C=O) groups is 1. The van der Waals surface area contributed by atoms with Crippen molar-refractivity contribution in [2.75, 3.05) is 5.32 Å². The third kappa shape index (κ3) is 4.13. The first kappa shape index (κ1) is 20.1. The Kier molecular flexibility index (Phi) is 5.16. The average Bonchev–Trinajstić information content (AvgIpc) is 3.10. The predicted octanol–water partition coefficient (Wildman–Crippen LogP) is 3.18. The van der Waals surface area contributed by atoms with E-state index in [0.717, 1.165) is 10.7 Å². The molecule has 3 rings (SSSR count). The number of nitrogens with zero attached hydrogens (tertiary/aromatic N) is 4. The minimum atomic E-state index is -4.68. The van der Waals surface area contributed by atoms with E-state index in [1.807, 2.05) is 0 Å². The summed E-state index contributed by atoms with van der Waals surface area (Å²) in [6.07, 6.45) is -4.68. The minimum Gasteiger partial charge on any atom is -0.296 e. The van der Waals surface area contributed by atoms with Gasteiger partial charge in [-0.05, 0) is 13.0 Å². The molecule has 1 amide bonds. The van der Waals surface area contributed by atoms with E-state index in [-0.39, 0.29) is 22.2 Å². The van der Waals surface area contributed by atoms with Crippen LogP contribution in [0.3, 0.4) is 0 Å². The van der Waals surface area contributed by atoms with Crippen LogP contribution in [0.1, 0.15) is 21.9 Å². The van der Waals surface area contributed by atoms with Crippen LogP contribution in [0, 0.1) is 17.0 Å². The molecule has 0 unspecified atom stereocenters. The standard InChI is InChI=1S/C16H10F3N5O4S/c1-8-6-11(25)13(14(26)21-15-20-12(7-29-15)16(17,18)19)22-23(8)9-4-2-3-5-10(9)24(27)28/h2-7H,1H3,(H,20,21,26). The SMILES string of the molecule is Cc1cc(=O)c(C(=O)Nc2nc(C(F)(F)F)cs2)nn1-c1ccccc1[N+](=O)[O-]. The number of nitro benzene ring substituents is 1. The van der Waals surface area contributed by atoms with Gasteiger partial charge in [-0.2, -0.15) is 18.3 Å². The number of aryl methyl sites for hydroxylation is 1. The molecule has 9 nitrogen and oxygen atoms in total. The van der Waals surface area contributed by atoms with Crippen molar-refractivity contribution in [1.29, 1.82) is 0 Å². The highest BCUT2D eigenvalue weighted by atomic mass is 32.1. The van der Waals surface area contributed by atoms with Gasteiger partial charge < -0.3 is 0 Å². The lowest BCUT2D eigenvalue weighted by molar-refractivity contribution is -0.384. The summed E-state index contributed by atoms with van der Waals surface area (Å²) >= 11 is 0.526. The zero-order chi connectivity index (χ0) is 21.3. The minimum absolute atomic E-state index is 0.0117. The maximum atomic E-state index is 12.6. The fourth-order valence-electron chi connectivity index (χ4n) is 2.36. The lowest BCUT2D eigenvalue weighted by Crippen LogP contribution is -2.27. The molecular formula is C16H10F3N5O4S. The molecule has 0 saturated carbocycles. The monoisotopic (exact) mass is 425 g/mol. The molecule has 0 aliphatic rings. The third-order valence-electron chi connectivity index (χ3n) is 3.64. The molecule has 0 fully saturated rings. The normalized spacial score (nSPS) is 11.3. The van der Waals surface area contributed by atoms with Gasteiger partial charge in [-0.25, -0.2) is 9.67 Å². The number of aromatic nitrogens is 3. The van der Waals surface area contributed by atoms with Gasteiger partial charge in [0.1, 0.15) is 5.69 Å². The maximum Gasteiger partial charge on any atom is 0.434 e. The molecule has 29 heavy (non-hydrogen) atoms. The largest absolute Gasteiger partial charge is 0.434 e. The molecule has 0 bridgehead atoms. The van der Waals surface area contributed by atoms with Gasteiger partial charge in [-0.3, -0.25) is 25.0 Å². The predicted molar refractivity (Wildman–Crippen MR) is 96.3 cm³/mol. The van der Waals surface area contributed by atoms with E-state index in [4.69, 9.17) is 0 Å². The number of nitrogens with one attached hydrogen (secondary N) is 1. The van der Waals surface area contributed by atoms with E-state index in [2.05, 4.69) is 15.4 Å². The molecule has 0 atom stereocenters. The van der Waals surface area contributed by atoms with E-state index >= 15 is 0 Å². The van der Waals surface area contributed by atoms with Gasteiger partial charge in [0, 0.05) is 23.2 Å². The van der Waals surface area contributed by atoms with Crippen LogP contribution < -0.4 is 10.7 Å². The summed E-state index contributed by atoms with van der Waals surface area (Å²) < 4.78 is 38.9. The number of benzene rings is 1. The lowest BCUT2D eigenvalue weighted by atomic mass is 10.2. The second-order valence-electron chi connectivity index (χ2n) is 5.65. The van der Waals surface area contributed by atoms with Crippen LogP contribution in [0.4, 0.5) is 24.0 Å². The van der Waals surface area contributed by atoms with Gasteiger partial charge in [-0.1, -0.05) is 12.1 Å². The molecule has 13 heteroatoms. The number of thiazole rings is 1. The smallest absolute Gasteiger partial charge is 0.296 e. The Hall–Kier alpha value is -3.61. The maximum absolute atomic E-state index is 12.6. The van der Waals surface area contributed by atoms with Crippen LogP contribution in [0.25, 0.3) is 5.69 Å². The van der Waals surface area contributed by atoms with Crippen LogP contribution in [0.2, 0.25) is 0 Å². The second kappa shape index (κ2) is 7.43. The Morgan fingerprint density at radius 1 is 1.31 bits per heavy atom. The quantitative estimate of drug-likeness (QED) is 0.506. The van der Waals surface area contributed by atoms with Crippen LogP contribution in [0.5, 0.6) is 0 Å². The zero-order valence-electron chi connectivity index (χ0n) is 14.4. The molecule has 0 saturated heterocycles. The fourth-order valence-corrected chi connectivity index (χ4v) is 3.08. The van der Waals surface area contributed by atoms with Gasteiger partial charge in [0.05, 0.1) is 4.92 Å². The first-order valence-corrected chi connectivity index (χ1v) is 8.64. The zero-order valence-corrected chi connectivity index (χ0v) is 15.2. The van der Waals surface area contributed by atoms with Crippen molar-refractivity contribution < 1.29 is 22.9 Å². The van der Waals surface area contributed by atoms with Crippen LogP contribution in [-0.4, -0.2) is 25.6 Å². The van der Waals surface area contributed by atoms with Crippen molar-refractivity contribution in [3.05, 3.63) is 73.1 Å². The molecule has 1 aromatic carbocycles. The van der Waals surface area contributed by atoms with Crippen LogP contribution in [-0.2, 0) is 6.18 Å². The topological polar surface area (TPSA) is 120 Å². The summed E-state index contributed by atoms with van der Waals surface area (Å²) in [6.45, 7) is 1.46. The molecule has 3 aromatic rings. The molecular weight excluding hydrogens is 415 g/mol. The number of nitro groups is 1. The Bertz CT molecular complexity index is 1170. The first-order valence-electron chi connectivity index (χ1n) is 7.77. The number of hydrogen-bond acceptors (Lipinski definition) is 7. The van der Waals surface area contributed by atoms with E-state index < -0.39 is 33.8 Å². The molecule has 0 aliphatic heterocycles. The van der Waals surface area contributed by atoms with E-state index in [1.54, 1.807) is 0 Å². The van der Waals surface area contributed by atoms with Gasteiger partial charge in [-0.15, -0.1) is 11.3 Å². The summed E-state index contributed by atoms with van der Waals surface area (Å²) in [4.78, 5) is 38.4. The van der Waals surface area contributed by atoms with E-state index in [0.29, 0.717) is 16.7 Å². The summed E-state index contributed by atoms with van der Waals surface area (Å²) in [7, 11) is 0. The van der Waals surface area contributed by atoms with Crippen molar-refractivity contribution in [2.45, 2.75) is 13.1 Å². The molecule has 1 N–H and O–H groups in total. The summed E-state index contributed by atoms with van der Waals surface area (Å²) in [5.41, 5.74) is -2.73. The number of carbonyl (C=O) groups excluding carboxylic acids is 1. The Labute approximate surface area is 163 Å². The van der Waals surface area contributed by atoms with Crippen LogP contribution in [0.15, 0.2) is 40.5 Å². The number of para-hydroxylation sites is 2. The second-order valence-corrected chi connectivity index (χ2v) is 6.50. The molecule has 2 aromatic heterocycles. The Morgan fingerprint density at radius 3 is 2.62 bits per heavy atom. The highest BCUT2D eigenvalue weighted by molar-refractivity contribution is 7.14. The lowest BCUT2D eigenvalue weighted by Gasteiger charge is -2.11. The van der Waals surface area contributed by atoms with E-state index in [1.165, 1.54) is 31.2 Å². The van der Waals surface area contributed by atoms with Crippen LogP contribution >= 0.6 is 11.3 Å². The average molecular weight is 425 g/mol. The summed E-state index contributed by atoms with van der Waals surface area (Å²) in [5.74, 6) is -1.09. The van der Waals surface area contributed by atoms with Crippen molar-refractivity contribution in [2.24, 2.45) is 0 Å². The highest BCUT2D eigenvalue weighted by Gasteiger charge is 2.34. The Balaban J connectivity index is 2.00. The highest BCUT2D eigenvalue weighted by Crippen LogP contribution is 2.31. The number of halogens is 3. The van der Waals surface area contributed by atoms with Crippen molar-refractivity contribution in [1.82, 2.24) is 14.8 Å². The number of hydrogen-bond donors (Lipinski definition) is 1. The molecule has 0 spiro atoms.